The SMILES string of the molecule is CCCCCCOCCOCCOCC(COS(=O)(=O)OCC(COCCOCCOCCCCCC)N1CCc2ccccc2C1)N1CCc2ccccc2C1. The maximum atomic E-state index is 13.3. The number of hydrogen-bond acceptors (Lipinski definition) is 12. The van der Waals surface area contributed by atoms with E-state index in [1.54, 1.807) is 0 Å². The number of unbranched alkanes of at least 4 members (excludes halogenated alkanes) is 6. The summed E-state index contributed by atoms with van der Waals surface area (Å²) in [6, 6.07) is 16.1. The second-order valence-electron chi connectivity index (χ2n) is 15.0. The van der Waals surface area contributed by atoms with Gasteiger partial charge in [-0.2, -0.15) is 8.42 Å². The molecule has 0 spiro atoms. The molecule has 0 fully saturated rings. The third kappa shape index (κ3) is 19.7. The highest BCUT2D eigenvalue weighted by molar-refractivity contribution is 7.81. The fourth-order valence-corrected chi connectivity index (χ4v) is 7.83. The Bertz CT molecular complexity index is 1330. The van der Waals surface area contributed by atoms with Crippen LogP contribution in [0.25, 0.3) is 0 Å². The average molecular weight is 821 g/mol. The predicted octanol–water partition coefficient (Wildman–Crippen LogP) is 6.38. The minimum atomic E-state index is -4.32. The van der Waals surface area contributed by atoms with Crippen LogP contribution in [0.4, 0.5) is 0 Å². The Morgan fingerprint density at radius 3 is 1.25 bits per heavy atom. The zero-order chi connectivity index (χ0) is 40.2. The van der Waals surface area contributed by atoms with Crippen LogP contribution in [0.1, 0.15) is 87.5 Å². The number of fused-ring (bicyclic) bond motifs is 2. The number of rotatable bonds is 34. The molecule has 324 valence electrons. The van der Waals surface area contributed by atoms with Gasteiger partial charge in [-0.15, -0.1) is 0 Å². The molecule has 4 rings (SSSR count). The summed E-state index contributed by atoms with van der Waals surface area (Å²) < 4.78 is 72.6. The summed E-state index contributed by atoms with van der Waals surface area (Å²) in [5.74, 6) is 0. The van der Waals surface area contributed by atoms with Gasteiger partial charge in [-0.05, 0) is 47.9 Å². The summed E-state index contributed by atoms with van der Waals surface area (Å²) in [6.45, 7) is 13.1. The van der Waals surface area contributed by atoms with Crippen molar-refractivity contribution >= 4 is 10.4 Å². The second-order valence-corrected chi connectivity index (χ2v) is 16.3. The van der Waals surface area contributed by atoms with Gasteiger partial charge in [0.15, 0.2) is 0 Å². The molecular formula is C44H72N2O10S. The lowest BCUT2D eigenvalue weighted by Crippen LogP contribution is -2.46. The highest BCUT2D eigenvalue weighted by Gasteiger charge is 2.29. The van der Waals surface area contributed by atoms with E-state index in [1.807, 2.05) is 12.1 Å². The summed E-state index contributed by atoms with van der Waals surface area (Å²) in [5, 5.41) is 0. The van der Waals surface area contributed by atoms with E-state index in [2.05, 4.69) is 60.0 Å². The maximum Gasteiger partial charge on any atom is 0.399 e. The van der Waals surface area contributed by atoms with Gasteiger partial charge in [0.25, 0.3) is 0 Å². The molecule has 13 heteroatoms. The lowest BCUT2D eigenvalue weighted by atomic mass is 9.99. The standard InChI is InChI=1S/C44H72N2O10S/c1-3-5-7-13-23-49-25-27-51-29-31-53-35-43(45-21-19-39-15-9-11-17-41(39)33-45)37-55-57(47,48)56-38-44(46-22-20-40-16-10-12-18-42(40)34-46)36-54-32-30-52-28-26-50-24-14-8-6-4-2/h9-12,15-18,43-44H,3-8,13-14,19-38H2,1-2H3. The largest absolute Gasteiger partial charge is 0.399 e. The Balaban J connectivity index is 1.23. The molecule has 0 saturated heterocycles. The molecule has 2 aromatic carbocycles. The van der Waals surface area contributed by atoms with E-state index >= 15 is 0 Å². The minimum absolute atomic E-state index is 0.0880. The van der Waals surface area contributed by atoms with Gasteiger partial charge in [-0.1, -0.05) is 101 Å². The summed E-state index contributed by atoms with van der Waals surface area (Å²) in [5.41, 5.74) is 5.09. The van der Waals surface area contributed by atoms with Crippen molar-refractivity contribution in [3.8, 4) is 0 Å². The van der Waals surface area contributed by atoms with Gasteiger partial charge >= 0.3 is 10.4 Å². The van der Waals surface area contributed by atoms with Crippen LogP contribution in [-0.4, -0.2) is 136 Å². The van der Waals surface area contributed by atoms with Crippen molar-refractivity contribution in [1.82, 2.24) is 9.80 Å². The van der Waals surface area contributed by atoms with Gasteiger partial charge in [-0.25, -0.2) is 8.37 Å². The normalized spacial score (nSPS) is 16.0. The first-order valence-corrected chi connectivity index (χ1v) is 22.9. The zero-order valence-electron chi connectivity index (χ0n) is 35.0. The lowest BCUT2D eigenvalue weighted by Gasteiger charge is -2.35. The fourth-order valence-electron chi connectivity index (χ4n) is 7.11. The Kier molecular flexibility index (Phi) is 24.5. The minimum Gasteiger partial charge on any atom is -0.379 e. The van der Waals surface area contributed by atoms with Crippen LogP contribution in [0, 0.1) is 0 Å². The van der Waals surface area contributed by atoms with E-state index in [9.17, 15) is 8.42 Å². The first-order valence-electron chi connectivity index (χ1n) is 21.6. The van der Waals surface area contributed by atoms with E-state index in [0.717, 1.165) is 52.0 Å². The summed E-state index contributed by atoms with van der Waals surface area (Å²) in [7, 11) is -4.32. The molecule has 0 bridgehead atoms. The van der Waals surface area contributed by atoms with Crippen LogP contribution in [0.15, 0.2) is 48.5 Å². The Labute approximate surface area is 344 Å². The molecule has 2 heterocycles. The van der Waals surface area contributed by atoms with E-state index in [0.29, 0.717) is 79.2 Å². The monoisotopic (exact) mass is 820 g/mol. The van der Waals surface area contributed by atoms with Crippen molar-refractivity contribution in [3.63, 3.8) is 0 Å². The Morgan fingerprint density at radius 2 is 0.842 bits per heavy atom. The number of nitrogens with zero attached hydrogens (tertiary/aromatic N) is 2. The van der Waals surface area contributed by atoms with Gasteiger partial charge < -0.3 is 28.4 Å². The smallest absolute Gasteiger partial charge is 0.379 e. The summed E-state index contributed by atoms with van der Waals surface area (Å²) >= 11 is 0. The lowest BCUT2D eigenvalue weighted by molar-refractivity contribution is -0.0151. The molecular weight excluding hydrogens is 749 g/mol. The number of hydrogen-bond donors (Lipinski definition) is 0. The summed E-state index contributed by atoms with van der Waals surface area (Å²) in [4.78, 5) is 4.46. The number of ether oxygens (including phenoxy) is 6. The first kappa shape index (κ1) is 47.7. The topological polar surface area (TPSA) is 114 Å². The van der Waals surface area contributed by atoms with E-state index in [4.69, 9.17) is 36.8 Å². The van der Waals surface area contributed by atoms with Crippen molar-refractivity contribution in [1.29, 1.82) is 0 Å². The van der Waals surface area contributed by atoms with Crippen molar-refractivity contribution < 1.29 is 45.2 Å². The quantitative estimate of drug-likeness (QED) is 0.0731. The second kappa shape index (κ2) is 29.3. The maximum absolute atomic E-state index is 13.3. The molecule has 2 aromatic rings. The van der Waals surface area contributed by atoms with Crippen LogP contribution >= 0.6 is 0 Å². The Hall–Kier alpha value is -2.01. The van der Waals surface area contributed by atoms with E-state index in [1.165, 1.54) is 60.8 Å². The van der Waals surface area contributed by atoms with Gasteiger partial charge in [0.1, 0.15) is 0 Å². The van der Waals surface area contributed by atoms with Gasteiger partial charge in [0, 0.05) is 39.4 Å². The van der Waals surface area contributed by atoms with Gasteiger partial charge in [0.05, 0.1) is 91.4 Å². The molecule has 2 atom stereocenters. The van der Waals surface area contributed by atoms with Crippen LogP contribution in [0.5, 0.6) is 0 Å². The van der Waals surface area contributed by atoms with Crippen LogP contribution in [0.2, 0.25) is 0 Å². The third-order valence-corrected chi connectivity index (χ3v) is 11.4. The van der Waals surface area contributed by atoms with E-state index in [-0.39, 0.29) is 25.3 Å². The predicted molar refractivity (Wildman–Crippen MR) is 223 cm³/mol. The molecule has 0 amide bonds. The van der Waals surface area contributed by atoms with Gasteiger partial charge in [0.2, 0.25) is 0 Å². The molecule has 0 aliphatic carbocycles. The van der Waals surface area contributed by atoms with Gasteiger partial charge in [-0.3, -0.25) is 9.80 Å². The molecule has 0 aromatic heterocycles. The molecule has 2 aliphatic heterocycles. The van der Waals surface area contributed by atoms with Crippen molar-refractivity contribution in [2.45, 2.75) is 103 Å². The Morgan fingerprint density at radius 1 is 0.474 bits per heavy atom. The van der Waals surface area contributed by atoms with Crippen molar-refractivity contribution in [2.75, 3.05) is 106 Å². The summed E-state index contributed by atoms with van der Waals surface area (Å²) in [6.07, 6.45) is 11.2. The van der Waals surface area contributed by atoms with Crippen LogP contribution in [0.3, 0.4) is 0 Å². The highest BCUT2D eigenvalue weighted by atomic mass is 32.3. The van der Waals surface area contributed by atoms with Crippen molar-refractivity contribution in [3.05, 3.63) is 70.8 Å². The average Bonchev–Trinajstić information content (AvgIpc) is 3.23. The molecule has 2 aliphatic rings. The molecule has 12 nitrogen and oxygen atoms in total. The molecule has 0 radical (unpaired) electrons. The molecule has 57 heavy (non-hydrogen) atoms. The van der Waals surface area contributed by atoms with Crippen LogP contribution in [-0.2, 0) is 73.1 Å². The van der Waals surface area contributed by atoms with Crippen molar-refractivity contribution in [2.24, 2.45) is 0 Å². The highest BCUT2D eigenvalue weighted by Crippen LogP contribution is 2.23. The van der Waals surface area contributed by atoms with Crippen LogP contribution < -0.4 is 0 Å². The molecule has 2 unspecified atom stereocenters. The molecule has 0 N–H and O–H groups in total. The first-order chi connectivity index (χ1) is 28.0. The number of benzene rings is 2. The third-order valence-electron chi connectivity index (χ3n) is 10.6. The fraction of sp³-hybridized carbons (Fsp3) is 0.727. The molecule has 0 saturated carbocycles. The zero-order valence-corrected chi connectivity index (χ0v) is 35.8. The van der Waals surface area contributed by atoms with E-state index < -0.39 is 10.4 Å².